The number of ether oxygens (including phenoxy) is 2. The van der Waals surface area contributed by atoms with Crippen LogP contribution in [0.15, 0.2) is 85.1 Å². The van der Waals surface area contributed by atoms with Gasteiger partial charge < -0.3 is 18.9 Å². The molecule has 2 atom stereocenters. The second-order valence-corrected chi connectivity index (χ2v) is 17.1. The van der Waals surface area contributed by atoms with Crippen molar-refractivity contribution < 1.29 is 42.1 Å². The molecular formula is C48H83NO8P+. The Morgan fingerprint density at radius 1 is 0.552 bits per heavy atom. The SMILES string of the molecule is CC/C=C/C/C=C/C/C=C/C/C=C/C/C=C/C/C=C/CCC(=O)OC[C@H](COP(=O)(O)OCC[N+](C)(C)C)OC(=O)CCCC/C=C/CCCCCCCCCCC. The number of unbranched alkanes of at least 4 members (excludes halogenated alkanes) is 11. The van der Waals surface area contributed by atoms with Crippen molar-refractivity contribution in [2.75, 3.05) is 47.5 Å². The number of phosphoric acid groups is 1. The summed E-state index contributed by atoms with van der Waals surface area (Å²) in [6.45, 7) is 4.18. The molecule has 58 heavy (non-hydrogen) atoms. The third-order valence-electron chi connectivity index (χ3n) is 8.92. The largest absolute Gasteiger partial charge is 0.472 e. The quantitative estimate of drug-likeness (QED) is 0.0214. The Morgan fingerprint density at radius 3 is 1.53 bits per heavy atom. The number of carbonyl (C=O) groups is 2. The number of hydrogen-bond donors (Lipinski definition) is 1. The minimum atomic E-state index is -4.40. The molecule has 0 saturated heterocycles. The molecule has 0 saturated carbocycles. The van der Waals surface area contributed by atoms with E-state index in [0.29, 0.717) is 23.9 Å². The molecule has 0 aliphatic heterocycles. The summed E-state index contributed by atoms with van der Waals surface area (Å²) in [5.41, 5.74) is 0. The minimum absolute atomic E-state index is 0.0129. The highest BCUT2D eigenvalue weighted by Crippen LogP contribution is 2.43. The van der Waals surface area contributed by atoms with Crippen molar-refractivity contribution in [1.29, 1.82) is 0 Å². The molecule has 0 aliphatic carbocycles. The van der Waals surface area contributed by atoms with Crippen LogP contribution in [0.3, 0.4) is 0 Å². The molecule has 0 aromatic rings. The van der Waals surface area contributed by atoms with E-state index < -0.39 is 32.5 Å². The Hall–Kier alpha value is -2.81. The number of likely N-dealkylation sites (N-methyl/N-ethyl adjacent to an activating group) is 1. The van der Waals surface area contributed by atoms with Crippen LogP contribution in [0.2, 0.25) is 0 Å². The molecule has 0 rings (SSSR count). The van der Waals surface area contributed by atoms with Gasteiger partial charge in [-0.15, -0.1) is 0 Å². The lowest BCUT2D eigenvalue weighted by Crippen LogP contribution is -2.37. The highest BCUT2D eigenvalue weighted by molar-refractivity contribution is 7.47. The first-order valence-corrected chi connectivity index (χ1v) is 23.8. The van der Waals surface area contributed by atoms with Crippen molar-refractivity contribution in [3.63, 3.8) is 0 Å². The van der Waals surface area contributed by atoms with E-state index in [4.69, 9.17) is 18.5 Å². The molecule has 0 aromatic carbocycles. The van der Waals surface area contributed by atoms with Crippen LogP contribution < -0.4 is 0 Å². The molecule has 0 spiro atoms. The first kappa shape index (κ1) is 55.2. The summed E-state index contributed by atoms with van der Waals surface area (Å²) in [5.74, 6) is -0.929. The molecule has 0 aromatic heterocycles. The van der Waals surface area contributed by atoms with Gasteiger partial charge in [0.1, 0.15) is 19.8 Å². The first-order valence-electron chi connectivity index (χ1n) is 22.3. The predicted octanol–water partition coefficient (Wildman–Crippen LogP) is 12.8. The monoisotopic (exact) mass is 833 g/mol. The number of rotatable bonds is 39. The van der Waals surface area contributed by atoms with E-state index in [1.165, 1.54) is 57.8 Å². The Labute approximate surface area is 354 Å². The Morgan fingerprint density at radius 2 is 1.02 bits per heavy atom. The van der Waals surface area contributed by atoms with E-state index in [-0.39, 0.29) is 26.1 Å². The zero-order chi connectivity index (χ0) is 42.8. The highest BCUT2D eigenvalue weighted by Gasteiger charge is 2.27. The fourth-order valence-corrected chi connectivity index (χ4v) is 6.19. The Balaban J connectivity index is 4.52. The normalized spacial score (nSPS) is 14.4. The number of nitrogens with zero attached hydrogens (tertiary/aromatic N) is 1. The molecule has 0 radical (unpaired) electrons. The van der Waals surface area contributed by atoms with Crippen LogP contribution in [0, 0.1) is 0 Å². The Bertz CT molecular complexity index is 1260. The van der Waals surface area contributed by atoms with Crippen molar-refractivity contribution in [2.24, 2.45) is 0 Å². The summed E-state index contributed by atoms with van der Waals surface area (Å²) in [4.78, 5) is 35.3. The maximum Gasteiger partial charge on any atom is 0.472 e. The van der Waals surface area contributed by atoms with E-state index >= 15 is 0 Å². The van der Waals surface area contributed by atoms with Gasteiger partial charge in [0.25, 0.3) is 0 Å². The average Bonchev–Trinajstić information content (AvgIpc) is 3.17. The van der Waals surface area contributed by atoms with Crippen molar-refractivity contribution in [1.82, 2.24) is 0 Å². The third kappa shape index (κ3) is 42.8. The fourth-order valence-electron chi connectivity index (χ4n) is 5.44. The second-order valence-electron chi connectivity index (χ2n) is 15.7. The van der Waals surface area contributed by atoms with E-state index in [0.717, 1.165) is 57.8 Å². The molecule has 1 unspecified atom stereocenters. The van der Waals surface area contributed by atoms with Crippen LogP contribution in [-0.4, -0.2) is 74.9 Å². The van der Waals surface area contributed by atoms with Crippen LogP contribution in [0.25, 0.3) is 0 Å². The lowest BCUT2D eigenvalue weighted by molar-refractivity contribution is -0.870. The highest BCUT2D eigenvalue weighted by atomic mass is 31.2. The summed E-state index contributed by atoms with van der Waals surface area (Å²) in [6.07, 6.45) is 50.8. The van der Waals surface area contributed by atoms with Gasteiger partial charge >= 0.3 is 19.8 Å². The summed E-state index contributed by atoms with van der Waals surface area (Å²) in [6, 6.07) is 0. The van der Waals surface area contributed by atoms with Crippen LogP contribution in [0.1, 0.15) is 155 Å². The Kier molecular flexibility index (Phi) is 37.7. The van der Waals surface area contributed by atoms with Gasteiger partial charge in [0, 0.05) is 12.8 Å². The molecule has 0 aliphatic rings. The standard InChI is InChI=1S/C48H82NO8P/c1-6-8-10-12-14-16-18-20-22-23-24-25-27-28-30-32-34-36-38-40-47(50)54-44-46(45-56-58(52,53)55-43-42-49(3,4)5)57-48(51)41-39-37-35-33-31-29-26-21-19-17-15-13-11-9-7-2/h8,10,14,16,20,22,24-25,28,30-31,33-34,36,46H,6-7,9,11-13,15,17-19,21,23,26-27,29,32,35,37-45H2,1-5H3/p+1/b10-8+,16-14+,22-20+,25-24+,30-28+,33-31+,36-34+/t46-/m1/s1. The summed E-state index contributed by atoms with van der Waals surface area (Å²) < 4.78 is 34.2. The van der Waals surface area contributed by atoms with Crippen molar-refractivity contribution in [2.45, 2.75) is 161 Å². The van der Waals surface area contributed by atoms with E-state index in [1.54, 1.807) is 0 Å². The number of hydrogen-bond acceptors (Lipinski definition) is 7. The molecule has 0 fully saturated rings. The second kappa shape index (κ2) is 39.6. The third-order valence-corrected chi connectivity index (χ3v) is 9.91. The van der Waals surface area contributed by atoms with E-state index in [1.807, 2.05) is 33.3 Å². The molecular weight excluding hydrogens is 750 g/mol. The van der Waals surface area contributed by atoms with E-state index in [9.17, 15) is 19.0 Å². The topological polar surface area (TPSA) is 108 Å². The van der Waals surface area contributed by atoms with Gasteiger partial charge in [-0.05, 0) is 77.0 Å². The van der Waals surface area contributed by atoms with Gasteiger partial charge in [0.15, 0.2) is 6.10 Å². The molecule has 332 valence electrons. The van der Waals surface area contributed by atoms with Crippen LogP contribution in [0.5, 0.6) is 0 Å². The maximum atomic E-state index is 12.7. The number of esters is 2. The maximum absolute atomic E-state index is 12.7. The van der Waals surface area contributed by atoms with Gasteiger partial charge in [-0.1, -0.05) is 150 Å². The van der Waals surface area contributed by atoms with Crippen molar-refractivity contribution >= 4 is 19.8 Å². The summed E-state index contributed by atoms with van der Waals surface area (Å²) in [7, 11) is 1.41. The van der Waals surface area contributed by atoms with Gasteiger partial charge in [-0.25, -0.2) is 4.57 Å². The molecule has 0 heterocycles. The predicted molar refractivity (Wildman–Crippen MR) is 242 cm³/mol. The van der Waals surface area contributed by atoms with Gasteiger partial charge in [-0.3, -0.25) is 18.6 Å². The summed E-state index contributed by atoms with van der Waals surface area (Å²) in [5, 5.41) is 0. The molecule has 1 N–H and O–H groups in total. The lowest BCUT2D eigenvalue weighted by atomic mass is 10.1. The first-order chi connectivity index (χ1) is 28.0. The molecule has 0 amide bonds. The van der Waals surface area contributed by atoms with E-state index in [2.05, 4.69) is 86.8 Å². The minimum Gasteiger partial charge on any atom is -0.462 e. The molecule has 10 heteroatoms. The zero-order valence-corrected chi connectivity index (χ0v) is 38.1. The smallest absolute Gasteiger partial charge is 0.462 e. The fraction of sp³-hybridized carbons (Fsp3) is 0.667. The van der Waals surface area contributed by atoms with Crippen LogP contribution in [0.4, 0.5) is 0 Å². The number of carbonyl (C=O) groups excluding carboxylic acids is 2. The lowest BCUT2D eigenvalue weighted by Gasteiger charge is -2.24. The van der Waals surface area contributed by atoms with Crippen molar-refractivity contribution in [3.8, 4) is 0 Å². The summed E-state index contributed by atoms with van der Waals surface area (Å²) >= 11 is 0. The average molecular weight is 833 g/mol. The zero-order valence-electron chi connectivity index (χ0n) is 37.2. The van der Waals surface area contributed by atoms with Crippen LogP contribution in [-0.2, 0) is 32.7 Å². The molecule has 0 bridgehead atoms. The van der Waals surface area contributed by atoms with Gasteiger partial charge in [-0.2, -0.15) is 0 Å². The van der Waals surface area contributed by atoms with Gasteiger partial charge in [0.05, 0.1) is 27.7 Å². The molecule has 9 nitrogen and oxygen atoms in total. The van der Waals surface area contributed by atoms with Gasteiger partial charge in [0.2, 0.25) is 0 Å². The van der Waals surface area contributed by atoms with Crippen molar-refractivity contribution in [3.05, 3.63) is 85.1 Å². The number of allylic oxidation sites excluding steroid dienone is 14. The number of quaternary nitrogens is 1. The number of phosphoric ester groups is 1. The van der Waals surface area contributed by atoms with Crippen LogP contribution >= 0.6 is 7.82 Å².